The van der Waals surface area contributed by atoms with Crippen LogP contribution in [0, 0.1) is 5.92 Å². The van der Waals surface area contributed by atoms with Crippen LogP contribution in [0.15, 0.2) is 34.9 Å². The predicted octanol–water partition coefficient (Wildman–Crippen LogP) is 2.32. The molecule has 0 spiro atoms. The molecular weight excluding hydrogens is 278 g/mol. The zero-order valence-electron chi connectivity index (χ0n) is 13.1. The molecule has 22 heavy (non-hydrogen) atoms. The maximum Gasteiger partial charge on any atom is 0.240 e. The monoisotopic (exact) mass is 301 g/mol. The largest absolute Gasteiger partial charge is 0.384 e. The number of aromatic nitrogens is 2. The van der Waals surface area contributed by atoms with Crippen molar-refractivity contribution in [3.8, 4) is 0 Å². The lowest BCUT2D eigenvalue weighted by molar-refractivity contribution is 0.151. The fraction of sp³-hybridized carbons (Fsp3) is 0.529. The first kappa shape index (κ1) is 15.2. The van der Waals surface area contributed by atoms with Gasteiger partial charge in [-0.2, -0.15) is 4.98 Å². The smallest absolute Gasteiger partial charge is 0.240 e. The standard InChI is InChI=1S/C17H23N3O2/c1-21-13-15-9-10-20(11-15)12-17-18-16(19-22-17)8-7-14-5-3-2-4-6-14/h2-6,15H,7-13H2,1H3. The van der Waals surface area contributed by atoms with E-state index in [9.17, 15) is 0 Å². The minimum absolute atomic E-state index is 0.630. The molecule has 3 rings (SSSR count). The molecule has 0 bridgehead atoms. The van der Waals surface area contributed by atoms with E-state index < -0.39 is 0 Å². The molecule has 118 valence electrons. The second-order valence-electron chi connectivity index (χ2n) is 5.94. The summed E-state index contributed by atoms with van der Waals surface area (Å²) < 4.78 is 10.6. The summed E-state index contributed by atoms with van der Waals surface area (Å²) in [7, 11) is 1.76. The average Bonchev–Trinajstić information content (AvgIpc) is 3.17. The molecule has 1 aliphatic rings. The average molecular weight is 301 g/mol. The molecule has 5 heteroatoms. The highest BCUT2D eigenvalue weighted by Crippen LogP contribution is 2.18. The van der Waals surface area contributed by atoms with Gasteiger partial charge in [0.25, 0.3) is 0 Å². The first-order valence-corrected chi connectivity index (χ1v) is 7.90. The van der Waals surface area contributed by atoms with Gasteiger partial charge in [0.15, 0.2) is 5.82 Å². The Morgan fingerprint density at radius 2 is 2.14 bits per heavy atom. The first-order chi connectivity index (χ1) is 10.8. The number of benzene rings is 1. The van der Waals surface area contributed by atoms with Crippen molar-refractivity contribution in [2.45, 2.75) is 25.8 Å². The Hall–Kier alpha value is -1.72. The zero-order chi connectivity index (χ0) is 15.2. The van der Waals surface area contributed by atoms with Gasteiger partial charge in [-0.15, -0.1) is 0 Å². The Morgan fingerprint density at radius 3 is 2.95 bits per heavy atom. The van der Waals surface area contributed by atoms with Crippen molar-refractivity contribution in [2.75, 3.05) is 26.8 Å². The molecule has 1 unspecified atom stereocenters. The van der Waals surface area contributed by atoms with E-state index in [-0.39, 0.29) is 0 Å². The number of hydrogen-bond donors (Lipinski definition) is 0. The topological polar surface area (TPSA) is 51.4 Å². The minimum Gasteiger partial charge on any atom is -0.384 e. The predicted molar refractivity (Wildman–Crippen MR) is 83.4 cm³/mol. The molecule has 1 atom stereocenters. The van der Waals surface area contributed by atoms with Crippen molar-refractivity contribution in [3.63, 3.8) is 0 Å². The van der Waals surface area contributed by atoms with Crippen LogP contribution in [0.25, 0.3) is 0 Å². The molecule has 1 fully saturated rings. The zero-order valence-corrected chi connectivity index (χ0v) is 13.1. The number of rotatable bonds is 7. The summed E-state index contributed by atoms with van der Waals surface area (Å²) in [6.45, 7) is 3.71. The van der Waals surface area contributed by atoms with Crippen LogP contribution in [0.4, 0.5) is 0 Å². The van der Waals surface area contributed by atoms with Crippen molar-refractivity contribution in [3.05, 3.63) is 47.6 Å². The third kappa shape index (κ3) is 4.15. The van der Waals surface area contributed by atoms with Gasteiger partial charge in [0.1, 0.15) is 0 Å². The van der Waals surface area contributed by atoms with E-state index in [4.69, 9.17) is 9.26 Å². The first-order valence-electron chi connectivity index (χ1n) is 7.90. The van der Waals surface area contributed by atoms with E-state index in [0.29, 0.717) is 5.92 Å². The van der Waals surface area contributed by atoms with E-state index in [1.54, 1.807) is 7.11 Å². The lowest BCUT2D eigenvalue weighted by atomic mass is 10.1. The molecule has 0 N–H and O–H groups in total. The molecule has 0 radical (unpaired) electrons. The van der Waals surface area contributed by atoms with Gasteiger partial charge in [0, 0.05) is 20.1 Å². The van der Waals surface area contributed by atoms with Crippen LogP contribution in [0.1, 0.15) is 23.7 Å². The van der Waals surface area contributed by atoms with E-state index in [1.807, 2.05) is 6.07 Å². The van der Waals surface area contributed by atoms with Crippen LogP contribution >= 0.6 is 0 Å². The fourth-order valence-corrected chi connectivity index (χ4v) is 2.98. The van der Waals surface area contributed by atoms with Gasteiger partial charge in [-0.25, -0.2) is 0 Å². The van der Waals surface area contributed by atoms with Crippen molar-refractivity contribution in [1.29, 1.82) is 0 Å². The van der Waals surface area contributed by atoms with Gasteiger partial charge in [-0.1, -0.05) is 35.5 Å². The number of hydrogen-bond acceptors (Lipinski definition) is 5. The lowest BCUT2D eigenvalue weighted by Gasteiger charge is -2.12. The highest BCUT2D eigenvalue weighted by Gasteiger charge is 2.23. The van der Waals surface area contributed by atoms with Crippen LogP contribution in [0.2, 0.25) is 0 Å². The van der Waals surface area contributed by atoms with Crippen LogP contribution in [0.5, 0.6) is 0 Å². The number of aryl methyl sites for hydroxylation is 2. The number of nitrogens with zero attached hydrogens (tertiary/aromatic N) is 3. The van der Waals surface area contributed by atoms with Crippen LogP contribution < -0.4 is 0 Å². The van der Waals surface area contributed by atoms with Gasteiger partial charge in [0.05, 0.1) is 13.2 Å². The number of likely N-dealkylation sites (tertiary alicyclic amines) is 1. The fourth-order valence-electron chi connectivity index (χ4n) is 2.98. The molecule has 2 heterocycles. The molecule has 0 aliphatic carbocycles. The molecule has 1 saturated heterocycles. The second-order valence-corrected chi connectivity index (χ2v) is 5.94. The molecule has 1 aromatic carbocycles. The van der Waals surface area contributed by atoms with Gasteiger partial charge < -0.3 is 9.26 Å². The van der Waals surface area contributed by atoms with Crippen LogP contribution in [-0.4, -0.2) is 41.8 Å². The minimum atomic E-state index is 0.630. The summed E-state index contributed by atoms with van der Waals surface area (Å²) in [6.07, 6.45) is 2.95. The highest BCUT2D eigenvalue weighted by molar-refractivity contribution is 5.15. The van der Waals surface area contributed by atoms with Gasteiger partial charge in [0.2, 0.25) is 5.89 Å². The summed E-state index contributed by atoms with van der Waals surface area (Å²) in [5, 5.41) is 4.09. The van der Waals surface area contributed by atoms with Crippen molar-refractivity contribution >= 4 is 0 Å². The summed E-state index contributed by atoms with van der Waals surface area (Å²) in [5.41, 5.74) is 1.30. The Labute approximate surface area is 131 Å². The lowest BCUT2D eigenvalue weighted by Crippen LogP contribution is -2.21. The van der Waals surface area contributed by atoms with E-state index in [0.717, 1.165) is 50.8 Å². The number of ether oxygens (including phenoxy) is 1. The van der Waals surface area contributed by atoms with Gasteiger partial charge >= 0.3 is 0 Å². The van der Waals surface area contributed by atoms with Crippen molar-refractivity contribution < 1.29 is 9.26 Å². The Kier molecular flexibility index (Phi) is 5.19. The van der Waals surface area contributed by atoms with Gasteiger partial charge in [-0.3, -0.25) is 4.90 Å². The van der Waals surface area contributed by atoms with Crippen molar-refractivity contribution in [1.82, 2.24) is 15.0 Å². The Bertz CT molecular complexity index is 570. The highest BCUT2D eigenvalue weighted by atomic mass is 16.5. The van der Waals surface area contributed by atoms with E-state index in [1.165, 1.54) is 12.0 Å². The Balaban J connectivity index is 1.47. The summed E-state index contributed by atoms with van der Waals surface area (Å²) in [4.78, 5) is 6.87. The summed E-state index contributed by atoms with van der Waals surface area (Å²) in [6, 6.07) is 10.4. The quantitative estimate of drug-likeness (QED) is 0.785. The third-order valence-electron chi connectivity index (χ3n) is 4.12. The van der Waals surface area contributed by atoms with E-state index in [2.05, 4.69) is 39.3 Å². The molecule has 2 aromatic rings. The normalized spacial score (nSPS) is 18.9. The Morgan fingerprint density at radius 1 is 1.27 bits per heavy atom. The summed E-state index contributed by atoms with van der Waals surface area (Å²) >= 11 is 0. The van der Waals surface area contributed by atoms with Gasteiger partial charge in [-0.05, 0) is 30.9 Å². The number of methoxy groups -OCH3 is 1. The maximum atomic E-state index is 5.38. The molecule has 0 amide bonds. The third-order valence-corrected chi connectivity index (χ3v) is 4.12. The molecule has 5 nitrogen and oxygen atoms in total. The van der Waals surface area contributed by atoms with Crippen LogP contribution in [0.3, 0.4) is 0 Å². The van der Waals surface area contributed by atoms with E-state index >= 15 is 0 Å². The summed E-state index contributed by atoms with van der Waals surface area (Å²) in [5.74, 6) is 2.15. The molecule has 1 aliphatic heterocycles. The SMILES string of the molecule is COCC1CCN(Cc2nc(CCc3ccccc3)no2)C1. The molecule has 0 saturated carbocycles. The molecular formula is C17H23N3O2. The van der Waals surface area contributed by atoms with Crippen molar-refractivity contribution in [2.24, 2.45) is 5.92 Å². The molecule has 1 aromatic heterocycles. The van der Waals surface area contributed by atoms with Crippen LogP contribution in [-0.2, 0) is 24.1 Å². The second kappa shape index (κ2) is 7.51. The maximum absolute atomic E-state index is 5.38.